The molecular weight excluding hydrogens is 302 g/mol. The van der Waals surface area contributed by atoms with Crippen molar-refractivity contribution in [2.45, 2.75) is 6.42 Å². The number of halogens is 2. The van der Waals surface area contributed by atoms with Gasteiger partial charge in [0, 0.05) is 28.3 Å². The highest BCUT2D eigenvalue weighted by molar-refractivity contribution is 9.10. The highest BCUT2D eigenvalue weighted by atomic mass is 79.9. The highest BCUT2D eigenvalue weighted by Gasteiger charge is 2.05. The molecule has 5 heteroatoms. The minimum Gasteiger partial charge on any atom is -0.330 e. The maximum absolute atomic E-state index is 5.94. The van der Waals surface area contributed by atoms with Gasteiger partial charge in [0.2, 0.25) is 0 Å². The van der Waals surface area contributed by atoms with Crippen LogP contribution in [-0.2, 0) is 6.42 Å². The molecule has 1 aromatic carbocycles. The van der Waals surface area contributed by atoms with Crippen LogP contribution in [0.5, 0.6) is 0 Å². The van der Waals surface area contributed by atoms with Crippen molar-refractivity contribution in [3.63, 3.8) is 0 Å². The molecule has 88 valence electrons. The molecule has 1 heterocycles. The van der Waals surface area contributed by atoms with Crippen molar-refractivity contribution in [1.82, 2.24) is 9.97 Å². The summed E-state index contributed by atoms with van der Waals surface area (Å²) in [6.07, 6.45) is 2.50. The third kappa shape index (κ3) is 3.03. The summed E-state index contributed by atoms with van der Waals surface area (Å²) in [6.45, 7) is 0.584. The molecule has 0 fully saturated rings. The Hall–Kier alpha value is -0.970. The standard InChI is InChI=1S/C12H11BrClN3/c13-10-7-8(1-2-11(10)14)12-16-6-4-9(17-12)3-5-15/h1-2,4,6-7H,3,5,15H2. The molecule has 0 saturated heterocycles. The summed E-state index contributed by atoms with van der Waals surface area (Å²) in [5, 5.41) is 0.673. The molecule has 0 unspecified atom stereocenters. The Morgan fingerprint density at radius 3 is 2.82 bits per heavy atom. The molecular formula is C12H11BrClN3. The second-order valence-corrected chi connectivity index (χ2v) is 4.80. The van der Waals surface area contributed by atoms with Crippen molar-refractivity contribution in [1.29, 1.82) is 0 Å². The molecule has 0 aliphatic heterocycles. The summed E-state index contributed by atoms with van der Waals surface area (Å²) < 4.78 is 0.837. The van der Waals surface area contributed by atoms with Gasteiger partial charge in [-0.15, -0.1) is 0 Å². The summed E-state index contributed by atoms with van der Waals surface area (Å²) in [6, 6.07) is 7.50. The van der Waals surface area contributed by atoms with Gasteiger partial charge in [-0.25, -0.2) is 9.97 Å². The van der Waals surface area contributed by atoms with Crippen molar-refractivity contribution in [3.8, 4) is 11.4 Å². The molecule has 0 amide bonds. The van der Waals surface area contributed by atoms with Gasteiger partial charge < -0.3 is 5.73 Å². The van der Waals surface area contributed by atoms with E-state index in [2.05, 4.69) is 25.9 Å². The Bertz CT molecular complexity index is 531. The second-order valence-electron chi connectivity index (χ2n) is 3.54. The topological polar surface area (TPSA) is 51.8 Å². The van der Waals surface area contributed by atoms with Gasteiger partial charge in [-0.05, 0) is 46.7 Å². The summed E-state index contributed by atoms with van der Waals surface area (Å²) in [5.41, 5.74) is 7.39. The van der Waals surface area contributed by atoms with Gasteiger partial charge in [0.15, 0.2) is 5.82 Å². The monoisotopic (exact) mass is 311 g/mol. The number of hydrogen-bond donors (Lipinski definition) is 1. The SMILES string of the molecule is NCCc1ccnc(-c2ccc(Cl)c(Br)c2)n1. The fourth-order valence-electron chi connectivity index (χ4n) is 1.46. The lowest BCUT2D eigenvalue weighted by molar-refractivity contribution is 0.913. The lowest BCUT2D eigenvalue weighted by atomic mass is 10.2. The van der Waals surface area contributed by atoms with Crippen LogP contribution in [0, 0.1) is 0 Å². The van der Waals surface area contributed by atoms with E-state index in [4.69, 9.17) is 17.3 Å². The van der Waals surface area contributed by atoms with E-state index in [1.54, 1.807) is 6.20 Å². The number of rotatable bonds is 3. The first-order valence-corrected chi connectivity index (χ1v) is 6.35. The van der Waals surface area contributed by atoms with Crippen LogP contribution in [-0.4, -0.2) is 16.5 Å². The van der Waals surface area contributed by atoms with Crippen molar-refractivity contribution < 1.29 is 0 Å². The maximum atomic E-state index is 5.94. The Balaban J connectivity index is 2.38. The fraction of sp³-hybridized carbons (Fsp3) is 0.167. The van der Waals surface area contributed by atoms with Crippen LogP contribution in [0.2, 0.25) is 5.02 Å². The van der Waals surface area contributed by atoms with Crippen molar-refractivity contribution >= 4 is 27.5 Å². The molecule has 0 spiro atoms. The van der Waals surface area contributed by atoms with Gasteiger partial charge in [0.1, 0.15) is 0 Å². The van der Waals surface area contributed by atoms with Crippen LogP contribution in [0.4, 0.5) is 0 Å². The van der Waals surface area contributed by atoms with E-state index < -0.39 is 0 Å². The van der Waals surface area contributed by atoms with Gasteiger partial charge in [0.25, 0.3) is 0 Å². The van der Waals surface area contributed by atoms with Gasteiger partial charge >= 0.3 is 0 Å². The van der Waals surface area contributed by atoms with Crippen LogP contribution < -0.4 is 5.73 Å². The third-order valence-corrected chi connectivity index (χ3v) is 3.51. The van der Waals surface area contributed by atoms with Crippen LogP contribution in [0.1, 0.15) is 5.69 Å². The van der Waals surface area contributed by atoms with Crippen LogP contribution >= 0.6 is 27.5 Å². The third-order valence-electron chi connectivity index (χ3n) is 2.29. The molecule has 0 aliphatic carbocycles. The minimum absolute atomic E-state index is 0.584. The van der Waals surface area contributed by atoms with Crippen molar-refractivity contribution in [3.05, 3.63) is 45.7 Å². The number of aromatic nitrogens is 2. The molecule has 2 N–H and O–H groups in total. The van der Waals surface area contributed by atoms with Gasteiger partial charge in [-0.3, -0.25) is 0 Å². The molecule has 0 bridgehead atoms. The Kier molecular flexibility index (Phi) is 4.10. The van der Waals surface area contributed by atoms with Crippen molar-refractivity contribution in [2.24, 2.45) is 5.73 Å². The molecule has 2 aromatic rings. The number of nitrogens with two attached hydrogens (primary N) is 1. The molecule has 0 atom stereocenters. The highest BCUT2D eigenvalue weighted by Crippen LogP contribution is 2.27. The van der Waals surface area contributed by atoms with Crippen LogP contribution in [0.3, 0.4) is 0 Å². The maximum Gasteiger partial charge on any atom is 0.159 e. The zero-order valence-corrected chi connectivity index (χ0v) is 11.4. The normalized spacial score (nSPS) is 10.5. The quantitative estimate of drug-likeness (QED) is 0.947. The number of hydrogen-bond acceptors (Lipinski definition) is 3. The summed E-state index contributed by atoms with van der Waals surface area (Å²) in [5.74, 6) is 0.688. The van der Waals surface area contributed by atoms with E-state index in [0.29, 0.717) is 17.4 Å². The lowest BCUT2D eigenvalue weighted by Gasteiger charge is -2.04. The smallest absolute Gasteiger partial charge is 0.159 e. The average Bonchev–Trinajstić information content (AvgIpc) is 2.33. The van der Waals surface area contributed by atoms with Crippen LogP contribution in [0.25, 0.3) is 11.4 Å². The first-order valence-electron chi connectivity index (χ1n) is 5.18. The Morgan fingerprint density at radius 1 is 1.29 bits per heavy atom. The Morgan fingerprint density at radius 2 is 2.12 bits per heavy atom. The van der Waals surface area contributed by atoms with E-state index in [0.717, 1.165) is 22.2 Å². The van der Waals surface area contributed by atoms with E-state index >= 15 is 0 Å². The lowest BCUT2D eigenvalue weighted by Crippen LogP contribution is -2.05. The molecule has 3 nitrogen and oxygen atoms in total. The summed E-state index contributed by atoms with van der Waals surface area (Å²) in [7, 11) is 0. The van der Waals surface area contributed by atoms with E-state index in [1.807, 2.05) is 24.3 Å². The zero-order valence-electron chi connectivity index (χ0n) is 9.03. The Labute approximate surface area is 113 Å². The zero-order chi connectivity index (χ0) is 12.3. The predicted molar refractivity (Wildman–Crippen MR) is 72.9 cm³/mol. The predicted octanol–water partition coefficient (Wildman–Crippen LogP) is 3.06. The molecule has 0 saturated carbocycles. The molecule has 0 radical (unpaired) electrons. The largest absolute Gasteiger partial charge is 0.330 e. The molecule has 1 aromatic heterocycles. The van der Waals surface area contributed by atoms with Gasteiger partial charge in [-0.2, -0.15) is 0 Å². The van der Waals surface area contributed by atoms with Gasteiger partial charge in [0.05, 0.1) is 5.02 Å². The number of benzene rings is 1. The summed E-state index contributed by atoms with van der Waals surface area (Å²) >= 11 is 9.33. The van der Waals surface area contributed by atoms with E-state index in [-0.39, 0.29) is 0 Å². The second kappa shape index (κ2) is 5.58. The molecule has 0 aliphatic rings. The summed E-state index contributed by atoms with van der Waals surface area (Å²) in [4.78, 5) is 8.70. The average molecular weight is 313 g/mol. The minimum atomic E-state index is 0.584. The first-order chi connectivity index (χ1) is 8.20. The molecule has 17 heavy (non-hydrogen) atoms. The van der Waals surface area contributed by atoms with E-state index in [9.17, 15) is 0 Å². The van der Waals surface area contributed by atoms with Gasteiger partial charge in [-0.1, -0.05) is 11.6 Å². The fourth-order valence-corrected chi connectivity index (χ4v) is 1.95. The first kappa shape index (κ1) is 12.5. The number of nitrogens with zero attached hydrogens (tertiary/aromatic N) is 2. The molecule has 2 rings (SSSR count). The van der Waals surface area contributed by atoms with E-state index in [1.165, 1.54) is 0 Å². The van der Waals surface area contributed by atoms with Crippen molar-refractivity contribution in [2.75, 3.05) is 6.54 Å². The van der Waals surface area contributed by atoms with Crippen LogP contribution in [0.15, 0.2) is 34.9 Å².